The number of aromatic nitrogens is 1. The molecule has 2 heteroatoms. The van der Waals surface area contributed by atoms with Gasteiger partial charge < -0.3 is 4.42 Å². The molecule has 1 aromatic heterocycles. The number of allylic oxidation sites excluding steroid dienone is 1. The Morgan fingerprint density at radius 2 is 2.22 bits per heavy atom. The zero-order chi connectivity index (χ0) is 13.0. The van der Waals surface area contributed by atoms with Gasteiger partial charge in [-0.15, -0.1) is 0 Å². The summed E-state index contributed by atoms with van der Waals surface area (Å²) in [4.78, 5) is 4.51. The minimum Gasteiger partial charge on any atom is -0.436 e. The molecule has 0 spiro atoms. The molecule has 0 aliphatic rings. The summed E-state index contributed by atoms with van der Waals surface area (Å²) in [6.07, 6.45) is 6.54. The SMILES string of the molecule is C=C/C=c1/nc(-c2cccc(C)c2)o/c1=C/CC. The van der Waals surface area contributed by atoms with Crippen LogP contribution in [-0.4, -0.2) is 4.98 Å². The monoisotopic (exact) mass is 239 g/mol. The third-order valence-electron chi connectivity index (χ3n) is 2.61. The van der Waals surface area contributed by atoms with E-state index in [1.807, 2.05) is 24.3 Å². The molecule has 0 atom stereocenters. The highest BCUT2D eigenvalue weighted by atomic mass is 16.3. The summed E-state index contributed by atoms with van der Waals surface area (Å²) in [5, 5.41) is 0.836. The Morgan fingerprint density at radius 1 is 1.39 bits per heavy atom. The highest BCUT2D eigenvalue weighted by molar-refractivity contribution is 5.54. The summed E-state index contributed by atoms with van der Waals surface area (Å²) in [5.74, 6) is 0.659. The van der Waals surface area contributed by atoms with Gasteiger partial charge >= 0.3 is 0 Å². The lowest BCUT2D eigenvalue weighted by atomic mass is 10.1. The molecular formula is C16H17NO. The van der Waals surface area contributed by atoms with Crippen LogP contribution in [0.5, 0.6) is 0 Å². The molecule has 0 aliphatic carbocycles. The van der Waals surface area contributed by atoms with Crippen LogP contribution < -0.4 is 10.8 Å². The molecule has 2 nitrogen and oxygen atoms in total. The molecule has 0 unspecified atom stereocenters. The fourth-order valence-corrected chi connectivity index (χ4v) is 1.81. The van der Waals surface area contributed by atoms with Crippen molar-refractivity contribution in [3.05, 3.63) is 53.2 Å². The number of hydrogen-bond donors (Lipinski definition) is 0. The minimum absolute atomic E-state index is 0.659. The van der Waals surface area contributed by atoms with E-state index in [9.17, 15) is 0 Å². The molecule has 0 saturated carbocycles. The lowest BCUT2D eigenvalue weighted by Gasteiger charge is -1.95. The summed E-state index contributed by atoms with van der Waals surface area (Å²) in [6.45, 7) is 7.84. The molecule has 0 amide bonds. The molecule has 0 N–H and O–H groups in total. The van der Waals surface area contributed by atoms with Gasteiger partial charge in [0.25, 0.3) is 0 Å². The fourth-order valence-electron chi connectivity index (χ4n) is 1.81. The van der Waals surface area contributed by atoms with Gasteiger partial charge in [-0.1, -0.05) is 37.3 Å². The number of oxazole rings is 1. The van der Waals surface area contributed by atoms with Gasteiger partial charge in [-0.2, -0.15) is 0 Å². The van der Waals surface area contributed by atoms with E-state index in [1.165, 1.54) is 5.56 Å². The van der Waals surface area contributed by atoms with Crippen molar-refractivity contribution in [3.8, 4) is 11.5 Å². The average Bonchev–Trinajstić information content (AvgIpc) is 2.74. The number of benzene rings is 1. The Hall–Kier alpha value is -2.09. The van der Waals surface area contributed by atoms with Crippen LogP contribution in [0.25, 0.3) is 23.6 Å². The van der Waals surface area contributed by atoms with Crippen molar-refractivity contribution >= 4 is 12.2 Å². The molecule has 2 aromatic rings. The van der Waals surface area contributed by atoms with Gasteiger partial charge in [0.05, 0.1) is 0 Å². The van der Waals surface area contributed by atoms with Crippen molar-refractivity contribution in [2.24, 2.45) is 0 Å². The van der Waals surface area contributed by atoms with Crippen molar-refractivity contribution in [3.63, 3.8) is 0 Å². The molecule has 1 heterocycles. The van der Waals surface area contributed by atoms with Crippen LogP contribution in [0.3, 0.4) is 0 Å². The zero-order valence-corrected chi connectivity index (χ0v) is 10.8. The van der Waals surface area contributed by atoms with E-state index in [1.54, 1.807) is 6.08 Å². The van der Waals surface area contributed by atoms with Gasteiger partial charge in [0, 0.05) is 5.56 Å². The van der Waals surface area contributed by atoms with Crippen LogP contribution >= 0.6 is 0 Å². The van der Waals surface area contributed by atoms with Gasteiger partial charge in [0.1, 0.15) is 5.35 Å². The predicted octanol–water partition coefficient (Wildman–Crippen LogP) is 2.81. The first-order valence-electron chi connectivity index (χ1n) is 6.11. The van der Waals surface area contributed by atoms with Crippen LogP contribution in [0.2, 0.25) is 0 Å². The third kappa shape index (κ3) is 2.59. The van der Waals surface area contributed by atoms with E-state index in [4.69, 9.17) is 4.42 Å². The van der Waals surface area contributed by atoms with Gasteiger partial charge in [0.15, 0.2) is 5.42 Å². The molecule has 0 fully saturated rings. The number of rotatable bonds is 3. The Bertz CT molecular complexity index is 665. The largest absolute Gasteiger partial charge is 0.436 e. The van der Waals surface area contributed by atoms with E-state index in [-0.39, 0.29) is 0 Å². The summed E-state index contributed by atoms with van der Waals surface area (Å²) >= 11 is 0. The van der Waals surface area contributed by atoms with Crippen LogP contribution in [0, 0.1) is 6.92 Å². The van der Waals surface area contributed by atoms with E-state index in [0.717, 1.165) is 22.7 Å². The maximum atomic E-state index is 5.80. The van der Waals surface area contributed by atoms with Crippen molar-refractivity contribution in [2.75, 3.05) is 0 Å². The quantitative estimate of drug-likeness (QED) is 0.823. The van der Waals surface area contributed by atoms with Gasteiger partial charge in [-0.05, 0) is 37.6 Å². The Balaban J connectivity index is 2.61. The molecule has 1 aromatic carbocycles. The summed E-state index contributed by atoms with van der Waals surface area (Å²) in [5.41, 5.74) is 3.01. The summed E-state index contributed by atoms with van der Waals surface area (Å²) in [6, 6.07) is 8.14. The average molecular weight is 239 g/mol. The van der Waals surface area contributed by atoms with E-state index < -0.39 is 0 Å². The first kappa shape index (κ1) is 12.4. The molecular weight excluding hydrogens is 222 g/mol. The zero-order valence-electron chi connectivity index (χ0n) is 10.8. The number of hydrogen-bond acceptors (Lipinski definition) is 2. The molecule has 92 valence electrons. The lowest BCUT2D eigenvalue weighted by Crippen LogP contribution is -2.21. The molecule has 18 heavy (non-hydrogen) atoms. The fraction of sp³-hybridized carbons (Fsp3) is 0.188. The van der Waals surface area contributed by atoms with Crippen LogP contribution in [0.1, 0.15) is 18.9 Å². The molecule has 0 bridgehead atoms. The lowest BCUT2D eigenvalue weighted by molar-refractivity contribution is 0.539. The van der Waals surface area contributed by atoms with Crippen LogP contribution in [0.4, 0.5) is 0 Å². The number of nitrogens with zero attached hydrogens (tertiary/aromatic N) is 1. The molecule has 2 rings (SSSR count). The highest BCUT2D eigenvalue weighted by Gasteiger charge is 2.04. The predicted molar refractivity (Wildman–Crippen MR) is 75.3 cm³/mol. The maximum Gasteiger partial charge on any atom is 0.227 e. The second-order valence-electron chi connectivity index (χ2n) is 4.15. The molecule has 0 aliphatic heterocycles. The van der Waals surface area contributed by atoms with E-state index in [0.29, 0.717) is 5.89 Å². The molecule has 0 radical (unpaired) electrons. The maximum absolute atomic E-state index is 5.80. The topological polar surface area (TPSA) is 26.0 Å². The highest BCUT2D eigenvalue weighted by Crippen LogP contribution is 2.15. The van der Waals surface area contributed by atoms with Crippen molar-refractivity contribution in [1.82, 2.24) is 4.98 Å². The molecule has 0 saturated heterocycles. The van der Waals surface area contributed by atoms with Crippen LogP contribution in [0.15, 0.2) is 41.3 Å². The summed E-state index contributed by atoms with van der Waals surface area (Å²) < 4.78 is 5.80. The number of aryl methyl sites for hydroxylation is 1. The second-order valence-corrected chi connectivity index (χ2v) is 4.15. The van der Waals surface area contributed by atoms with Crippen LogP contribution in [-0.2, 0) is 0 Å². The van der Waals surface area contributed by atoms with E-state index in [2.05, 4.69) is 37.5 Å². The second kappa shape index (κ2) is 5.50. The van der Waals surface area contributed by atoms with E-state index >= 15 is 0 Å². The minimum atomic E-state index is 0.659. The Morgan fingerprint density at radius 3 is 2.89 bits per heavy atom. The van der Waals surface area contributed by atoms with Crippen molar-refractivity contribution in [2.45, 2.75) is 20.3 Å². The van der Waals surface area contributed by atoms with Gasteiger partial charge in [0.2, 0.25) is 5.89 Å². The third-order valence-corrected chi connectivity index (χ3v) is 2.61. The smallest absolute Gasteiger partial charge is 0.227 e. The van der Waals surface area contributed by atoms with Gasteiger partial charge in [-0.25, -0.2) is 4.98 Å². The van der Waals surface area contributed by atoms with Gasteiger partial charge in [-0.3, -0.25) is 0 Å². The first-order valence-corrected chi connectivity index (χ1v) is 6.11. The first-order chi connectivity index (χ1) is 8.74. The van der Waals surface area contributed by atoms with Crippen molar-refractivity contribution < 1.29 is 4.42 Å². The standard InChI is InChI=1S/C16H17NO/c1-4-7-14-15(8-5-2)18-16(17-14)13-10-6-9-12(3)11-13/h4,6-11H,1,5H2,2-3H3/b14-7+,15-8+. The normalized spacial score (nSPS) is 13.0. The summed E-state index contributed by atoms with van der Waals surface area (Å²) in [7, 11) is 0. The Labute approximate surface area is 107 Å². The van der Waals surface area contributed by atoms with Crippen molar-refractivity contribution in [1.29, 1.82) is 0 Å². The Kier molecular flexibility index (Phi) is 3.78.